The molecule has 5 heteroatoms. The fraction of sp³-hybridized carbons (Fsp3) is 0.286. The summed E-state index contributed by atoms with van der Waals surface area (Å²) in [5.74, 6) is 2.14. The van der Waals surface area contributed by atoms with Crippen molar-refractivity contribution in [1.82, 2.24) is 9.97 Å². The van der Waals surface area contributed by atoms with E-state index in [-0.39, 0.29) is 0 Å². The predicted molar refractivity (Wildman–Crippen MR) is 73.7 cm³/mol. The molecule has 0 aliphatic carbocycles. The number of aryl methyl sites for hydroxylation is 1. The summed E-state index contributed by atoms with van der Waals surface area (Å²) in [5, 5.41) is 3.15. The van der Waals surface area contributed by atoms with Crippen LogP contribution in [0.5, 0.6) is 11.6 Å². The highest BCUT2D eigenvalue weighted by Gasteiger charge is 1.98. The van der Waals surface area contributed by atoms with E-state index < -0.39 is 0 Å². The van der Waals surface area contributed by atoms with Crippen molar-refractivity contribution in [1.29, 1.82) is 0 Å². The third kappa shape index (κ3) is 4.13. The summed E-state index contributed by atoms with van der Waals surface area (Å²) in [6.45, 7) is 3.27. The van der Waals surface area contributed by atoms with Gasteiger partial charge in [0.05, 0.1) is 13.7 Å². The van der Waals surface area contributed by atoms with Crippen LogP contribution in [0.15, 0.2) is 36.7 Å². The van der Waals surface area contributed by atoms with Gasteiger partial charge >= 0.3 is 0 Å². The first kappa shape index (κ1) is 13.1. The second kappa shape index (κ2) is 6.58. The summed E-state index contributed by atoms with van der Waals surface area (Å²) in [4.78, 5) is 8.03. The molecule has 0 bridgehead atoms. The Balaban J connectivity index is 1.77. The number of hydrogen-bond donors (Lipinski definition) is 1. The Morgan fingerprint density at radius 2 is 2.11 bits per heavy atom. The van der Waals surface area contributed by atoms with E-state index in [1.54, 1.807) is 13.2 Å². The first-order valence-corrected chi connectivity index (χ1v) is 6.07. The Morgan fingerprint density at radius 1 is 1.21 bits per heavy atom. The Bertz CT molecular complexity index is 532. The Morgan fingerprint density at radius 3 is 2.89 bits per heavy atom. The van der Waals surface area contributed by atoms with E-state index in [2.05, 4.69) is 15.3 Å². The molecule has 19 heavy (non-hydrogen) atoms. The summed E-state index contributed by atoms with van der Waals surface area (Å²) >= 11 is 0. The number of ether oxygens (including phenoxy) is 2. The third-order valence-electron chi connectivity index (χ3n) is 2.52. The molecule has 1 heterocycles. The van der Waals surface area contributed by atoms with Crippen molar-refractivity contribution >= 4 is 5.82 Å². The van der Waals surface area contributed by atoms with E-state index >= 15 is 0 Å². The van der Waals surface area contributed by atoms with Crippen LogP contribution in [-0.2, 0) is 0 Å². The van der Waals surface area contributed by atoms with Crippen LogP contribution >= 0.6 is 0 Å². The quantitative estimate of drug-likeness (QED) is 0.807. The number of rotatable bonds is 6. The molecule has 1 aromatic carbocycles. The van der Waals surface area contributed by atoms with Crippen molar-refractivity contribution < 1.29 is 9.47 Å². The normalized spacial score (nSPS) is 10.0. The van der Waals surface area contributed by atoms with Crippen LogP contribution < -0.4 is 14.8 Å². The van der Waals surface area contributed by atoms with E-state index in [9.17, 15) is 0 Å². The van der Waals surface area contributed by atoms with Crippen molar-refractivity contribution in [3.63, 3.8) is 0 Å². The van der Waals surface area contributed by atoms with Gasteiger partial charge in [-0.25, -0.2) is 9.97 Å². The summed E-state index contributed by atoms with van der Waals surface area (Å²) in [6, 6.07) is 9.72. The van der Waals surface area contributed by atoms with Gasteiger partial charge in [0, 0.05) is 6.07 Å². The van der Waals surface area contributed by atoms with Crippen molar-refractivity contribution in [2.24, 2.45) is 0 Å². The van der Waals surface area contributed by atoms with Gasteiger partial charge in [-0.15, -0.1) is 0 Å². The minimum Gasteiger partial charge on any atom is -0.492 e. The molecule has 0 unspecified atom stereocenters. The smallest absolute Gasteiger partial charge is 0.218 e. The molecule has 2 aromatic rings. The van der Waals surface area contributed by atoms with Crippen molar-refractivity contribution in [3.8, 4) is 11.6 Å². The fourth-order valence-corrected chi connectivity index (χ4v) is 1.60. The van der Waals surface area contributed by atoms with Gasteiger partial charge in [-0.2, -0.15) is 0 Å². The lowest BCUT2D eigenvalue weighted by molar-refractivity contribution is 0.332. The van der Waals surface area contributed by atoms with Gasteiger partial charge in [0.1, 0.15) is 24.5 Å². The first-order chi connectivity index (χ1) is 9.28. The average Bonchev–Trinajstić information content (AvgIpc) is 2.44. The van der Waals surface area contributed by atoms with Crippen LogP contribution in [0, 0.1) is 6.92 Å². The maximum atomic E-state index is 5.63. The minimum atomic E-state index is 0.539. The number of hydrogen-bond acceptors (Lipinski definition) is 5. The Labute approximate surface area is 112 Å². The van der Waals surface area contributed by atoms with Gasteiger partial charge < -0.3 is 14.8 Å². The Kier molecular flexibility index (Phi) is 4.55. The molecule has 100 valence electrons. The second-order valence-corrected chi connectivity index (χ2v) is 4.04. The topological polar surface area (TPSA) is 56.3 Å². The van der Waals surface area contributed by atoms with Crippen molar-refractivity contribution in [3.05, 3.63) is 42.2 Å². The predicted octanol–water partition coefficient (Wildman–Crippen LogP) is 2.28. The van der Waals surface area contributed by atoms with Crippen molar-refractivity contribution in [2.75, 3.05) is 25.6 Å². The Hall–Kier alpha value is -2.30. The van der Waals surface area contributed by atoms with Gasteiger partial charge in [0.25, 0.3) is 0 Å². The maximum Gasteiger partial charge on any atom is 0.218 e. The highest BCUT2D eigenvalue weighted by Crippen LogP contribution is 2.12. The van der Waals surface area contributed by atoms with Gasteiger partial charge in [-0.1, -0.05) is 12.1 Å². The number of methoxy groups -OCH3 is 1. The van der Waals surface area contributed by atoms with Crippen molar-refractivity contribution in [2.45, 2.75) is 6.92 Å². The highest BCUT2D eigenvalue weighted by atomic mass is 16.5. The monoisotopic (exact) mass is 259 g/mol. The lowest BCUT2D eigenvalue weighted by Crippen LogP contribution is -2.12. The van der Waals surface area contributed by atoms with Gasteiger partial charge in [-0.05, 0) is 24.6 Å². The fourth-order valence-electron chi connectivity index (χ4n) is 1.60. The number of nitrogens with one attached hydrogen (secondary N) is 1. The molecule has 0 spiro atoms. The molecule has 0 saturated carbocycles. The molecule has 0 atom stereocenters. The van der Waals surface area contributed by atoms with E-state index in [0.29, 0.717) is 19.0 Å². The molecule has 2 rings (SSSR count). The molecule has 0 fully saturated rings. The third-order valence-corrected chi connectivity index (χ3v) is 2.52. The van der Waals surface area contributed by atoms with E-state index in [0.717, 1.165) is 11.6 Å². The number of aromatic nitrogens is 2. The first-order valence-electron chi connectivity index (χ1n) is 6.07. The molecule has 0 radical (unpaired) electrons. The largest absolute Gasteiger partial charge is 0.492 e. The number of anilines is 1. The zero-order valence-electron chi connectivity index (χ0n) is 11.1. The zero-order valence-corrected chi connectivity index (χ0v) is 11.1. The summed E-state index contributed by atoms with van der Waals surface area (Å²) < 4.78 is 10.6. The summed E-state index contributed by atoms with van der Waals surface area (Å²) in [6.07, 6.45) is 1.46. The van der Waals surface area contributed by atoms with Crippen LogP contribution in [0.3, 0.4) is 0 Å². The van der Waals surface area contributed by atoms with E-state index in [1.807, 2.05) is 31.2 Å². The van der Waals surface area contributed by atoms with E-state index in [1.165, 1.54) is 11.9 Å². The van der Waals surface area contributed by atoms with Gasteiger partial charge in [0.15, 0.2) is 0 Å². The molecular formula is C14H17N3O2. The highest BCUT2D eigenvalue weighted by molar-refractivity contribution is 5.37. The molecule has 0 aliphatic heterocycles. The number of benzene rings is 1. The maximum absolute atomic E-state index is 5.63. The zero-order chi connectivity index (χ0) is 13.5. The molecule has 0 saturated heterocycles. The van der Waals surface area contributed by atoms with E-state index in [4.69, 9.17) is 9.47 Å². The summed E-state index contributed by atoms with van der Waals surface area (Å²) in [7, 11) is 1.58. The SMILES string of the molecule is COc1cc(NCCOc2cccc(C)c2)ncn1. The van der Waals surface area contributed by atoms with Crippen LogP contribution in [0.4, 0.5) is 5.82 Å². The van der Waals surface area contributed by atoms with Crippen LogP contribution in [-0.4, -0.2) is 30.2 Å². The molecule has 1 aromatic heterocycles. The lowest BCUT2D eigenvalue weighted by Gasteiger charge is -2.08. The van der Waals surface area contributed by atoms with Gasteiger partial charge in [-0.3, -0.25) is 0 Å². The van der Waals surface area contributed by atoms with Crippen LogP contribution in [0.2, 0.25) is 0 Å². The lowest BCUT2D eigenvalue weighted by atomic mass is 10.2. The van der Waals surface area contributed by atoms with Crippen LogP contribution in [0.1, 0.15) is 5.56 Å². The van der Waals surface area contributed by atoms with Gasteiger partial charge in [0.2, 0.25) is 5.88 Å². The molecule has 0 amide bonds. The minimum absolute atomic E-state index is 0.539. The molecule has 1 N–H and O–H groups in total. The molecular weight excluding hydrogens is 242 g/mol. The standard InChI is InChI=1S/C14H17N3O2/c1-11-4-3-5-12(8-11)19-7-6-15-13-9-14(18-2)17-10-16-13/h3-5,8-10H,6-7H2,1-2H3,(H,15,16,17). The molecule has 5 nitrogen and oxygen atoms in total. The van der Waals surface area contributed by atoms with Crippen LogP contribution in [0.25, 0.3) is 0 Å². The average molecular weight is 259 g/mol. The second-order valence-electron chi connectivity index (χ2n) is 4.04. The molecule has 0 aliphatic rings. The summed E-state index contributed by atoms with van der Waals surface area (Å²) in [5.41, 5.74) is 1.19. The number of nitrogens with zero attached hydrogens (tertiary/aromatic N) is 2.